The van der Waals surface area contributed by atoms with Gasteiger partial charge in [0.2, 0.25) is 0 Å². The molecule has 0 spiro atoms. The van der Waals surface area contributed by atoms with Gasteiger partial charge in [-0.2, -0.15) is 0 Å². The van der Waals surface area contributed by atoms with Crippen molar-refractivity contribution in [1.82, 2.24) is 4.72 Å². The van der Waals surface area contributed by atoms with Crippen LogP contribution < -0.4 is 4.72 Å². The van der Waals surface area contributed by atoms with Crippen LogP contribution >= 0.6 is 38.9 Å². The van der Waals surface area contributed by atoms with E-state index in [-0.39, 0.29) is 0 Å². The third kappa shape index (κ3) is 3.94. The van der Waals surface area contributed by atoms with E-state index in [4.69, 9.17) is 11.6 Å². The molecule has 1 N–H and O–H groups in total. The highest BCUT2D eigenvalue weighted by Gasteiger charge is 2.27. The van der Waals surface area contributed by atoms with Crippen LogP contribution in [-0.4, -0.2) is 20.8 Å². The fourth-order valence-electron chi connectivity index (χ4n) is 2.51. The third-order valence-electron chi connectivity index (χ3n) is 3.63. The molecule has 7 heteroatoms. The molecule has 0 radical (unpaired) electrons. The minimum atomic E-state index is -3.40. The summed E-state index contributed by atoms with van der Waals surface area (Å²) in [6.45, 7) is 0.490. The molecule has 1 heterocycles. The predicted octanol–water partition coefficient (Wildman–Crippen LogP) is 3.83. The first-order valence-electron chi connectivity index (χ1n) is 6.33. The molecule has 108 valence electrons. The van der Waals surface area contributed by atoms with Gasteiger partial charge in [-0.3, -0.25) is 0 Å². The van der Waals surface area contributed by atoms with Gasteiger partial charge in [-0.25, -0.2) is 13.1 Å². The van der Waals surface area contributed by atoms with Crippen molar-refractivity contribution in [2.45, 2.75) is 29.9 Å². The molecule has 2 unspecified atom stereocenters. The van der Waals surface area contributed by atoms with Gasteiger partial charge in [-0.05, 0) is 52.1 Å². The number of hydrogen-bond acceptors (Lipinski definition) is 3. The van der Waals surface area contributed by atoms with Crippen molar-refractivity contribution in [3.05, 3.63) is 15.9 Å². The standard InChI is InChI=1S/C12H17BrClNO2S2/c13-11-5-6-18-12(11)19(16,17)15-8-10-4-2-1-3-9(10)7-14/h5-6,9-10,15H,1-4,7-8H2. The van der Waals surface area contributed by atoms with E-state index in [9.17, 15) is 8.42 Å². The molecule has 0 bridgehead atoms. The molecule has 19 heavy (non-hydrogen) atoms. The van der Waals surface area contributed by atoms with E-state index >= 15 is 0 Å². The summed E-state index contributed by atoms with van der Waals surface area (Å²) in [7, 11) is -3.40. The lowest BCUT2D eigenvalue weighted by molar-refractivity contribution is 0.260. The SMILES string of the molecule is O=S(=O)(NCC1CCCCC1CCl)c1sccc1Br. The normalized spacial score (nSPS) is 24.5. The van der Waals surface area contributed by atoms with Crippen molar-refractivity contribution < 1.29 is 8.42 Å². The van der Waals surface area contributed by atoms with Crippen LogP contribution in [0.25, 0.3) is 0 Å². The predicted molar refractivity (Wildman–Crippen MR) is 83.4 cm³/mol. The van der Waals surface area contributed by atoms with Crippen molar-refractivity contribution >= 4 is 48.9 Å². The van der Waals surface area contributed by atoms with E-state index in [0.717, 1.165) is 12.8 Å². The van der Waals surface area contributed by atoms with Crippen LogP contribution in [0.3, 0.4) is 0 Å². The van der Waals surface area contributed by atoms with Gasteiger partial charge in [-0.1, -0.05) is 12.8 Å². The highest BCUT2D eigenvalue weighted by atomic mass is 79.9. The van der Waals surface area contributed by atoms with Crippen molar-refractivity contribution in [2.75, 3.05) is 12.4 Å². The van der Waals surface area contributed by atoms with Crippen LogP contribution in [0.15, 0.2) is 20.1 Å². The number of rotatable bonds is 5. The average Bonchev–Trinajstić information content (AvgIpc) is 2.84. The second-order valence-electron chi connectivity index (χ2n) is 4.87. The summed E-state index contributed by atoms with van der Waals surface area (Å²) in [6, 6.07) is 1.75. The molecule has 3 nitrogen and oxygen atoms in total. The molecule has 0 saturated heterocycles. The Labute approximate surface area is 131 Å². The minimum absolute atomic E-state index is 0.353. The lowest BCUT2D eigenvalue weighted by Gasteiger charge is -2.30. The minimum Gasteiger partial charge on any atom is -0.210 e. The molecular formula is C12H17BrClNO2S2. The molecule has 1 aliphatic rings. The molecule has 2 atom stereocenters. The van der Waals surface area contributed by atoms with E-state index in [1.807, 2.05) is 0 Å². The zero-order valence-electron chi connectivity index (χ0n) is 10.4. The second-order valence-corrected chi connectivity index (χ2v) is 8.91. The van der Waals surface area contributed by atoms with Crippen molar-refractivity contribution in [1.29, 1.82) is 0 Å². The quantitative estimate of drug-likeness (QED) is 0.782. The Bertz CT molecular complexity index is 518. The molecular weight excluding hydrogens is 370 g/mol. The fourth-order valence-corrected chi connectivity index (χ4v) is 6.39. The van der Waals surface area contributed by atoms with Gasteiger partial charge in [0, 0.05) is 16.9 Å². The van der Waals surface area contributed by atoms with Crippen LogP contribution in [-0.2, 0) is 10.0 Å². The Morgan fingerprint density at radius 3 is 2.63 bits per heavy atom. The highest BCUT2D eigenvalue weighted by molar-refractivity contribution is 9.10. The summed E-state index contributed by atoms with van der Waals surface area (Å²) in [5, 5.41) is 1.76. The molecule has 1 saturated carbocycles. The molecule has 1 aromatic heterocycles. The lowest BCUT2D eigenvalue weighted by atomic mass is 9.80. The fraction of sp³-hybridized carbons (Fsp3) is 0.667. The van der Waals surface area contributed by atoms with E-state index in [1.165, 1.54) is 24.2 Å². The zero-order valence-corrected chi connectivity index (χ0v) is 14.4. The van der Waals surface area contributed by atoms with Crippen molar-refractivity contribution in [2.24, 2.45) is 11.8 Å². The summed E-state index contributed by atoms with van der Waals surface area (Å²) in [5.41, 5.74) is 0. The Morgan fingerprint density at radius 1 is 1.37 bits per heavy atom. The maximum atomic E-state index is 12.2. The maximum Gasteiger partial charge on any atom is 0.251 e. The summed E-state index contributed by atoms with van der Waals surface area (Å²) in [6.07, 6.45) is 4.55. The van der Waals surface area contributed by atoms with Gasteiger partial charge in [0.05, 0.1) is 0 Å². The van der Waals surface area contributed by atoms with Crippen LogP contribution in [0.5, 0.6) is 0 Å². The number of nitrogens with one attached hydrogen (secondary N) is 1. The zero-order chi connectivity index (χ0) is 13.9. The number of hydrogen-bond donors (Lipinski definition) is 1. The number of halogens is 2. The van der Waals surface area contributed by atoms with Gasteiger partial charge >= 0.3 is 0 Å². The van der Waals surface area contributed by atoms with Crippen LogP contribution in [0.1, 0.15) is 25.7 Å². The summed E-state index contributed by atoms with van der Waals surface area (Å²) in [5.74, 6) is 1.42. The molecule has 0 aliphatic heterocycles. The Morgan fingerprint density at radius 2 is 2.05 bits per heavy atom. The number of thiophene rings is 1. The third-order valence-corrected chi connectivity index (χ3v) is 8.12. The van der Waals surface area contributed by atoms with E-state index < -0.39 is 10.0 Å². The van der Waals surface area contributed by atoms with E-state index in [2.05, 4.69) is 20.7 Å². The summed E-state index contributed by atoms with van der Waals surface area (Å²) >= 11 is 10.5. The first-order valence-corrected chi connectivity index (χ1v) is 10.0. The summed E-state index contributed by atoms with van der Waals surface area (Å²) < 4.78 is 28.1. The van der Waals surface area contributed by atoms with Crippen molar-refractivity contribution in [3.63, 3.8) is 0 Å². The lowest BCUT2D eigenvalue weighted by Crippen LogP contribution is -2.34. The molecule has 1 fully saturated rings. The van der Waals surface area contributed by atoms with Crippen LogP contribution in [0.4, 0.5) is 0 Å². The monoisotopic (exact) mass is 385 g/mol. The van der Waals surface area contributed by atoms with Crippen LogP contribution in [0.2, 0.25) is 0 Å². The van der Waals surface area contributed by atoms with E-state index in [0.29, 0.717) is 32.9 Å². The first-order chi connectivity index (χ1) is 9.04. The Kier molecular flexibility index (Phi) is 5.72. The molecule has 1 aromatic rings. The largest absolute Gasteiger partial charge is 0.251 e. The molecule has 2 rings (SSSR count). The van der Waals surface area contributed by atoms with Gasteiger partial charge in [-0.15, -0.1) is 22.9 Å². The molecule has 0 aromatic carbocycles. The van der Waals surface area contributed by atoms with Crippen LogP contribution in [0, 0.1) is 11.8 Å². The molecule has 1 aliphatic carbocycles. The summed E-state index contributed by atoms with van der Waals surface area (Å²) in [4.78, 5) is 0. The smallest absolute Gasteiger partial charge is 0.210 e. The first kappa shape index (κ1) is 15.8. The molecule has 0 amide bonds. The average molecular weight is 387 g/mol. The highest BCUT2D eigenvalue weighted by Crippen LogP contribution is 2.31. The Balaban J connectivity index is 2.00. The number of alkyl halides is 1. The number of sulfonamides is 1. The van der Waals surface area contributed by atoms with E-state index in [1.54, 1.807) is 11.4 Å². The maximum absolute atomic E-state index is 12.2. The van der Waals surface area contributed by atoms with Gasteiger partial charge in [0.25, 0.3) is 10.0 Å². The van der Waals surface area contributed by atoms with Gasteiger partial charge in [0.1, 0.15) is 4.21 Å². The van der Waals surface area contributed by atoms with Crippen molar-refractivity contribution in [3.8, 4) is 0 Å². The second kappa shape index (κ2) is 6.89. The Hall–Kier alpha value is 0.380. The van der Waals surface area contributed by atoms with Gasteiger partial charge in [0.15, 0.2) is 0 Å². The van der Waals surface area contributed by atoms with Gasteiger partial charge < -0.3 is 0 Å². The topological polar surface area (TPSA) is 46.2 Å².